The molecule has 0 rings (SSSR count). The molecule has 19 heavy (non-hydrogen) atoms. The van der Waals surface area contributed by atoms with E-state index in [0.717, 1.165) is 0 Å². The molecular weight excluding hydrogens is 244 g/mol. The molecule has 0 aromatic heterocycles. The van der Waals surface area contributed by atoms with Gasteiger partial charge in [-0.15, -0.1) is 0 Å². The second-order valence-corrected chi connectivity index (χ2v) is 5.88. The zero-order valence-electron chi connectivity index (χ0n) is 13.1. The molecule has 0 aromatic rings. The first-order valence-corrected chi connectivity index (χ1v) is 6.85. The molecule has 0 aliphatic heterocycles. The Labute approximate surface area is 116 Å². The summed E-state index contributed by atoms with van der Waals surface area (Å²) in [7, 11) is 1.29. The largest absolute Gasteiger partial charge is 0.453 e. The molecule has 0 aliphatic rings. The summed E-state index contributed by atoms with van der Waals surface area (Å²) in [5.74, 6) is 0.525. The first kappa shape index (κ1) is 17.7. The van der Waals surface area contributed by atoms with E-state index in [9.17, 15) is 9.59 Å². The Morgan fingerprint density at radius 3 is 1.63 bits per heavy atom. The van der Waals surface area contributed by atoms with Gasteiger partial charge in [0.05, 0.1) is 7.11 Å². The van der Waals surface area contributed by atoms with E-state index in [-0.39, 0.29) is 17.9 Å². The Kier molecular flexibility index (Phi) is 7.49. The van der Waals surface area contributed by atoms with Gasteiger partial charge in [0.15, 0.2) is 0 Å². The number of carbonyl (C=O) groups excluding carboxylic acids is 2. The van der Waals surface area contributed by atoms with Crippen LogP contribution in [0.1, 0.15) is 41.5 Å². The maximum atomic E-state index is 12.3. The lowest BCUT2D eigenvalue weighted by molar-refractivity contribution is -0.125. The van der Waals surface area contributed by atoms with E-state index in [4.69, 9.17) is 0 Å². The molecule has 0 saturated carbocycles. The van der Waals surface area contributed by atoms with Gasteiger partial charge in [0.1, 0.15) is 6.04 Å². The Balaban J connectivity index is 4.76. The lowest BCUT2D eigenvalue weighted by Crippen LogP contribution is -2.54. The van der Waals surface area contributed by atoms with E-state index in [1.54, 1.807) is 0 Å². The highest BCUT2D eigenvalue weighted by Gasteiger charge is 2.28. The number of ether oxygens (including phenoxy) is 1. The minimum Gasteiger partial charge on any atom is -0.453 e. The van der Waals surface area contributed by atoms with Gasteiger partial charge in [-0.1, -0.05) is 41.5 Å². The number of carbonyl (C=O) groups is 2. The molecule has 1 atom stereocenters. The highest BCUT2D eigenvalue weighted by atomic mass is 16.5. The van der Waals surface area contributed by atoms with Crippen molar-refractivity contribution in [3.63, 3.8) is 0 Å². The highest BCUT2D eigenvalue weighted by molar-refractivity contribution is 5.86. The van der Waals surface area contributed by atoms with Crippen LogP contribution in [0, 0.1) is 17.8 Å². The van der Waals surface area contributed by atoms with Gasteiger partial charge in [-0.2, -0.15) is 0 Å². The van der Waals surface area contributed by atoms with E-state index < -0.39 is 12.1 Å². The molecule has 0 radical (unpaired) electrons. The van der Waals surface area contributed by atoms with Gasteiger partial charge < -0.3 is 15.4 Å². The third-order valence-electron chi connectivity index (χ3n) is 3.15. The van der Waals surface area contributed by atoms with E-state index >= 15 is 0 Å². The summed E-state index contributed by atoms with van der Waals surface area (Å²) in [5, 5.41) is 5.59. The van der Waals surface area contributed by atoms with Crippen molar-refractivity contribution in [2.24, 2.45) is 17.8 Å². The predicted molar refractivity (Wildman–Crippen MR) is 75.8 cm³/mol. The minimum atomic E-state index is -0.584. The minimum absolute atomic E-state index is 0.000857. The van der Waals surface area contributed by atoms with Crippen molar-refractivity contribution in [1.29, 1.82) is 0 Å². The molecule has 112 valence electrons. The van der Waals surface area contributed by atoms with Crippen LogP contribution < -0.4 is 10.6 Å². The van der Waals surface area contributed by atoms with Crippen LogP contribution in [0.3, 0.4) is 0 Å². The van der Waals surface area contributed by atoms with Crippen LogP contribution in [0.5, 0.6) is 0 Å². The maximum Gasteiger partial charge on any atom is 0.407 e. The summed E-state index contributed by atoms with van der Waals surface area (Å²) < 4.78 is 4.55. The van der Waals surface area contributed by atoms with Gasteiger partial charge in [-0.05, 0) is 17.8 Å². The van der Waals surface area contributed by atoms with Crippen molar-refractivity contribution in [3.8, 4) is 0 Å². The SMILES string of the molecule is COC(=O)N[C@H](C(=O)NC(C(C)C)C(C)C)C(C)C. The Morgan fingerprint density at radius 1 is 0.842 bits per heavy atom. The Bertz CT molecular complexity index is 293. The average molecular weight is 272 g/mol. The van der Waals surface area contributed by atoms with E-state index in [1.165, 1.54) is 7.11 Å². The maximum absolute atomic E-state index is 12.3. The molecule has 0 unspecified atom stereocenters. The predicted octanol–water partition coefficient (Wildman–Crippen LogP) is 2.16. The summed E-state index contributed by atoms with van der Waals surface area (Å²) in [6.45, 7) is 12.1. The van der Waals surface area contributed by atoms with Crippen LogP contribution in [0.4, 0.5) is 4.79 Å². The van der Waals surface area contributed by atoms with Crippen LogP contribution in [-0.4, -0.2) is 31.2 Å². The summed E-state index contributed by atoms with van der Waals surface area (Å²) in [4.78, 5) is 23.5. The van der Waals surface area contributed by atoms with Gasteiger partial charge in [0, 0.05) is 6.04 Å². The first-order valence-electron chi connectivity index (χ1n) is 6.85. The van der Waals surface area contributed by atoms with Gasteiger partial charge in [0.2, 0.25) is 5.91 Å². The first-order chi connectivity index (χ1) is 8.70. The molecule has 5 heteroatoms. The third kappa shape index (κ3) is 5.94. The number of nitrogens with one attached hydrogen (secondary N) is 2. The van der Waals surface area contributed by atoms with Crippen LogP contribution in [0.15, 0.2) is 0 Å². The Hall–Kier alpha value is -1.26. The molecule has 2 N–H and O–H groups in total. The molecule has 0 heterocycles. The van der Waals surface area contributed by atoms with Gasteiger partial charge in [-0.25, -0.2) is 4.79 Å². The number of amides is 2. The average Bonchev–Trinajstić information content (AvgIpc) is 2.30. The number of hydrogen-bond acceptors (Lipinski definition) is 3. The third-order valence-corrected chi connectivity index (χ3v) is 3.15. The molecule has 0 spiro atoms. The standard InChI is InChI=1S/C14H28N2O3/c1-8(2)11(9(3)4)15-13(17)12(10(5)6)16-14(18)19-7/h8-12H,1-7H3,(H,15,17)(H,16,18)/t12-/m0/s1. The topological polar surface area (TPSA) is 67.4 Å². The van der Waals surface area contributed by atoms with E-state index in [2.05, 4.69) is 43.1 Å². The number of alkyl carbamates (subject to hydrolysis) is 1. The smallest absolute Gasteiger partial charge is 0.407 e. The fourth-order valence-electron chi connectivity index (χ4n) is 2.08. The van der Waals surface area contributed by atoms with Crippen molar-refractivity contribution in [2.45, 2.75) is 53.6 Å². The monoisotopic (exact) mass is 272 g/mol. The fraction of sp³-hybridized carbons (Fsp3) is 0.857. The molecule has 2 amide bonds. The van der Waals surface area contributed by atoms with Crippen LogP contribution >= 0.6 is 0 Å². The summed E-state index contributed by atoms with van der Waals surface area (Å²) in [6, 6.07) is -0.486. The van der Waals surface area contributed by atoms with Crippen LogP contribution in [0.2, 0.25) is 0 Å². The van der Waals surface area contributed by atoms with Gasteiger partial charge >= 0.3 is 6.09 Å². The van der Waals surface area contributed by atoms with Crippen molar-refractivity contribution in [1.82, 2.24) is 10.6 Å². The van der Waals surface area contributed by atoms with E-state index in [1.807, 2.05) is 13.8 Å². The second kappa shape index (κ2) is 8.02. The fourth-order valence-corrected chi connectivity index (χ4v) is 2.08. The summed E-state index contributed by atoms with van der Waals surface area (Å²) in [5.41, 5.74) is 0. The van der Waals surface area contributed by atoms with Crippen molar-refractivity contribution in [2.75, 3.05) is 7.11 Å². The summed E-state index contributed by atoms with van der Waals surface area (Å²) >= 11 is 0. The molecule has 0 bridgehead atoms. The zero-order chi connectivity index (χ0) is 15.2. The molecule has 0 saturated heterocycles. The highest BCUT2D eigenvalue weighted by Crippen LogP contribution is 2.13. The lowest BCUT2D eigenvalue weighted by Gasteiger charge is -2.29. The van der Waals surface area contributed by atoms with Gasteiger partial charge in [-0.3, -0.25) is 4.79 Å². The van der Waals surface area contributed by atoms with Crippen molar-refractivity contribution >= 4 is 12.0 Å². The molecule has 5 nitrogen and oxygen atoms in total. The van der Waals surface area contributed by atoms with Crippen LogP contribution in [-0.2, 0) is 9.53 Å². The number of rotatable bonds is 6. The van der Waals surface area contributed by atoms with Crippen molar-refractivity contribution in [3.05, 3.63) is 0 Å². The zero-order valence-corrected chi connectivity index (χ0v) is 13.1. The normalized spacial score (nSPS) is 13.0. The number of methoxy groups -OCH3 is 1. The molecule has 0 aromatic carbocycles. The Morgan fingerprint density at radius 2 is 1.32 bits per heavy atom. The second-order valence-electron chi connectivity index (χ2n) is 5.88. The molecule has 0 fully saturated rings. The quantitative estimate of drug-likeness (QED) is 0.778. The summed E-state index contributed by atoms with van der Waals surface area (Å²) in [6.07, 6.45) is -0.584. The molecular formula is C14H28N2O3. The van der Waals surface area contributed by atoms with Gasteiger partial charge in [0.25, 0.3) is 0 Å². The van der Waals surface area contributed by atoms with Crippen LogP contribution in [0.25, 0.3) is 0 Å². The lowest BCUT2D eigenvalue weighted by atomic mass is 9.92. The number of hydrogen-bond donors (Lipinski definition) is 2. The van der Waals surface area contributed by atoms with Crippen molar-refractivity contribution < 1.29 is 14.3 Å². The van der Waals surface area contributed by atoms with E-state index in [0.29, 0.717) is 11.8 Å². The molecule has 0 aliphatic carbocycles.